The summed E-state index contributed by atoms with van der Waals surface area (Å²) in [4.78, 5) is 3.95. The summed E-state index contributed by atoms with van der Waals surface area (Å²) in [6.45, 7) is 3.02. The van der Waals surface area contributed by atoms with Gasteiger partial charge in [0.2, 0.25) is 10.0 Å². The van der Waals surface area contributed by atoms with Crippen molar-refractivity contribution in [3.63, 3.8) is 0 Å². The van der Waals surface area contributed by atoms with E-state index < -0.39 is 10.0 Å². The van der Waals surface area contributed by atoms with E-state index >= 15 is 0 Å². The fraction of sp³-hybridized carbons (Fsp3) is 0.500. The van der Waals surface area contributed by atoms with Gasteiger partial charge in [-0.3, -0.25) is 0 Å². The molecule has 17 heavy (non-hydrogen) atoms. The summed E-state index contributed by atoms with van der Waals surface area (Å²) in [5, 5.41) is 0.173. The number of hydrogen-bond acceptors (Lipinski definition) is 4. The van der Waals surface area contributed by atoms with Crippen molar-refractivity contribution >= 4 is 21.6 Å². The molecule has 2 rings (SSSR count). The van der Waals surface area contributed by atoms with Crippen LogP contribution in [-0.2, 0) is 14.8 Å². The first-order valence-electron chi connectivity index (χ1n) is 5.23. The Balaban J connectivity index is 2.35. The lowest BCUT2D eigenvalue weighted by Gasteiger charge is -2.32. The molecule has 0 saturated carbocycles. The summed E-state index contributed by atoms with van der Waals surface area (Å²) in [6.07, 6.45) is 1.39. The maximum atomic E-state index is 12.3. The Morgan fingerprint density at radius 2 is 2.35 bits per heavy atom. The molecule has 0 amide bonds. The number of hydrogen-bond donors (Lipinski definition) is 0. The fourth-order valence-corrected chi connectivity index (χ4v) is 3.60. The van der Waals surface area contributed by atoms with Gasteiger partial charge in [-0.05, 0) is 19.1 Å². The van der Waals surface area contributed by atoms with Gasteiger partial charge in [0.05, 0.1) is 18.1 Å². The molecule has 1 aliphatic heterocycles. The fourth-order valence-electron chi connectivity index (χ4n) is 1.75. The standard InChI is InChI=1S/C10H13ClN2O3S/c1-8-7-16-5-4-13(8)17(14,15)9-2-3-12-10(11)6-9/h2-3,6,8H,4-5,7H2,1H3. The Hall–Kier alpha value is -0.690. The molecular formula is C10H13ClN2O3S. The minimum atomic E-state index is -3.50. The van der Waals surface area contributed by atoms with Crippen LogP contribution in [0.2, 0.25) is 5.15 Å². The van der Waals surface area contributed by atoms with E-state index in [1.807, 2.05) is 6.92 Å². The molecule has 1 unspecified atom stereocenters. The largest absolute Gasteiger partial charge is 0.378 e. The van der Waals surface area contributed by atoms with Gasteiger partial charge in [0.25, 0.3) is 0 Å². The van der Waals surface area contributed by atoms with E-state index in [0.29, 0.717) is 19.8 Å². The first-order chi connectivity index (χ1) is 8.01. The van der Waals surface area contributed by atoms with Gasteiger partial charge in [0, 0.05) is 18.8 Å². The van der Waals surface area contributed by atoms with Crippen molar-refractivity contribution in [2.75, 3.05) is 19.8 Å². The molecule has 0 bridgehead atoms. The molecule has 1 aromatic rings. The van der Waals surface area contributed by atoms with Crippen molar-refractivity contribution in [1.29, 1.82) is 0 Å². The van der Waals surface area contributed by atoms with Crippen LogP contribution in [0.15, 0.2) is 23.2 Å². The second-order valence-corrected chi connectivity index (χ2v) is 6.13. The van der Waals surface area contributed by atoms with Crippen LogP contribution < -0.4 is 0 Å². The Morgan fingerprint density at radius 3 is 3.00 bits per heavy atom. The lowest BCUT2D eigenvalue weighted by atomic mass is 10.3. The third-order valence-corrected chi connectivity index (χ3v) is 4.83. The molecule has 0 aliphatic carbocycles. The van der Waals surface area contributed by atoms with E-state index in [4.69, 9.17) is 16.3 Å². The Bertz CT molecular complexity index is 506. The van der Waals surface area contributed by atoms with Gasteiger partial charge in [-0.15, -0.1) is 0 Å². The van der Waals surface area contributed by atoms with E-state index in [0.717, 1.165) is 0 Å². The lowest BCUT2D eigenvalue weighted by molar-refractivity contribution is 0.0393. The number of pyridine rings is 1. The van der Waals surface area contributed by atoms with Crippen molar-refractivity contribution in [2.24, 2.45) is 0 Å². The van der Waals surface area contributed by atoms with Crippen molar-refractivity contribution in [3.05, 3.63) is 23.5 Å². The van der Waals surface area contributed by atoms with Crippen LogP contribution >= 0.6 is 11.6 Å². The zero-order valence-electron chi connectivity index (χ0n) is 9.34. The topological polar surface area (TPSA) is 59.5 Å². The third kappa shape index (κ3) is 2.60. The molecule has 94 valence electrons. The summed E-state index contributed by atoms with van der Waals surface area (Å²) < 4.78 is 31.3. The van der Waals surface area contributed by atoms with Crippen LogP contribution in [0.3, 0.4) is 0 Å². The summed E-state index contributed by atoms with van der Waals surface area (Å²) in [5.74, 6) is 0. The van der Waals surface area contributed by atoms with E-state index in [9.17, 15) is 8.42 Å². The van der Waals surface area contributed by atoms with E-state index in [2.05, 4.69) is 4.98 Å². The Morgan fingerprint density at radius 1 is 1.59 bits per heavy atom. The highest BCUT2D eigenvalue weighted by atomic mass is 35.5. The van der Waals surface area contributed by atoms with Gasteiger partial charge >= 0.3 is 0 Å². The average molecular weight is 277 g/mol. The summed E-state index contributed by atoms with van der Waals surface area (Å²) >= 11 is 5.71. The van der Waals surface area contributed by atoms with Crippen molar-refractivity contribution in [1.82, 2.24) is 9.29 Å². The van der Waals surface area contributed by atoms with Crippen LogP contribution in [0.1, 0.15) is 6.92 Å². The van der Waals surface area contributed by atoms with Crippen LogP contribution in [0.4, 0.5) is 0 Å². The maximum absolute atomic E-state index is 12.3. The molecule has 1 aliphatic rings. The summed E-state index contributed by atoms with van der Waals surface area (Å²) in [6, 6.07) is 2.64. The number of nitrogens with zero attached hydrogens (tertiary/aromatic N) is 2. The van der Waals surface area contributed by atoms with Gasteiger partial charge in [-0.25, -0.2) is 13.4 Å². The second-order valence-electron chi connectivity index (χ2n) is 3.85. The molecule has 1 fully saturated rings. The molecule has 7 heteroatoms. The first kappa shape index (κ1) is 12.8. The van der Waals surface area contributed by atoms with Crippen LogP contribution in [0.25, 0.3) is 0 Å². The molecule has 2 heterocycles. The zero-order chi connectivity index (χ0) is 12.5. The number of ether oxygens (including phenoxy) is 1. The normalized spacial score (nSPS) is 22.6. The Labute approximate surface area is 105 Å². The predicted octanol–water partition coefficient (Wildman–Crippen LogP) is 1.14. The highest BCUT2D eigenvalue weighted by Crippen LogP contribution is 2.21. The van der Waals surface area contributed by atoms with Crippen molar-refractivity contribution < 1.29 is 13.2 Å². The predicted molar refractivity (Wildman–Crippen MR) is 63.4 cm³/mol. The van der Waals surface area contributed by atoms with Gasteiger partial charge in [0.1, 0.15) is 5.15 Å². The summed E-state index contributed by atoms with van der Waals surface area (Å²) in [5.41, 5.74) is 0. The number of halogens is 1. The number of sulfonamides is 1. The molecule has 0 spiro atoms. The second kappa shape index (κ2) is 4.89. The zero-order valence-corrected chi connectivity index (χ0v) is 10.9. The molecule has 1 aromatic heterocycles. The Kier molecular flexibility index (Phi) is 3.67. The average Bonchev–Trinajstić information content (AvgIpc) is 2.29. The minimum absolute atomic E-state index is 0.166. The van der Waals surface area contributed by atoms with Crippen LogP contribution in [-0.4, -0.2) is 43.5 Å². The van der Waals surface area contributed by atoms with E-state index in [-0.39, 0.29) is 16.1 Å². The van der Waals surface area contributed by atoms with Crippen molar-refractivity contribution in [3.8, 4) is 0 Å². The van der Waals surface area contributed by atoms with Gasteiger partial charge < -0.3 is 4.74 Å². The minimum Gasteiger partial charge on any atom is -0.378 e. The summed E-state index contributed by atoms with van der Waals surface area (Å²) in [7, 11) is -3.50. The molecule has 0 radical (unpaired) electrons. The number of rotatable bonds is 2. The molecule has 0 N–H and O–H groups in total. The molecule has 0 aromatic carbocycles. The highest BCUT2D eigenvalue weighted by Gasteiger charge is 2.31. The van der Waals surface area contributed by atoms with E-state index in [1.54, 1.807) is 0 Å². The van der Waals surface area contributed by atoms with Gasteiger partial charge in [-0.2, -0.15) is 4.31 Å². The van der Waals surface area contributed by atoms with Gasteiger partial charge in [0.15, 0.2) is 0 Å². The first-order valence-corrected chi connectivity index (χ1v) is 7.05. The molecule has 1 atom stereocenters. The highest BCUT2D eigenvalue weighted by molar-refractivity contribution is 7.89. The van der Waals surface area contributed by atoms with Gasteiger partial charge in [-0.1, -0.05) is 11.6 Å². The number of aromatic nitrogens is 1. The smallest absolute Gasteiger partial charge is 0.243 e. The van der Waals surface area contributed by atoms with Crippen LogP contribution in [0, 0.1) is 0 Å². The van der Waals surface area contributed by atoms with Crippen LogP contribution in [0.5, 0.6) is 0 Å². The lowest BCUT2D eigenvalue weighted by Crippen LogP contribution is -2.46. The molecule has 1 saturated heterocycles. The number of morpholine rings is 1. The maximum Gasteiger partial charge on any atom is 0.243 e. The molecule has 5 nitrogen and oxygen atoms in total. The van der Waals surface area contributed by atoms with E-state index in [1.165, 1.54) is 22.6 Å². The third-order valence-electron chi connectivity index (χ3n) is 2.61. The quantitative estimate of drug-likeness (QED) is 0.760. The monoisotopic (exact) mass is 276 g/mol. The SMILES string of the molecule is CC1COCCN1S(=O)(=O)c1ccnc(Cl)c1. The van der Waals surface area contributed by atoms with Crippen molar-refractivity contribution in [2.45, 2.75) is 17.9 Å². The molecular weight excluding hydrogens is 264 g/mol.